The lowest BCUT2D eigenvalue weighted by Gasteiger charge is -2.13. The van der Waals surface area contributed by atoms with E-state index < -0.39 is 24.1 Å². The zero-order valence-corrected chi connectivity index (χ0v) is 7.68. The van der Waals surface area contributed by atoms with Gasteiger partial charge in [0.25, 0.3) is 0 Å². The van der Waals surface area contributed by atoms with Crippen LogP contribution in [0.4, 0.5) is 4.79 Å². The summed E-state index contributed by atoms with van der Waals surface area (Å²) in [6, 6.07) is 1.43. The number of amides is 2. The summed E-state index contributed by atoms with van der Waals surface area (Å²) in [7, 11) is 0. The predicted molar refractivity (Wildman–Crippen MR) is 50.1 cm³/mol. The Morgan fingerprint density at radius 3 is 2.87 bits per heavy atom. The average Bonchev–Trinajstić information content (AvgIpc) is 2.62. The van der Waals surface area contributed by atoms with Gasteiger partial charge in [0.05, 0.1) is 6.04 Å². The number of aliphatic carboxylic acids is 1. The van der Waals surface area contributed by atoms with E-state index >= 15 is 0 Å². The second-order valence-electron chi connectivity index (χ2n) is 3.20. The number of carboxylic acid groups (broad SMARTS) is 1. The maximum atomic E-state index is 11.0. The number of nitrogens with one attached hydrogen (secondary N) is 2. The van der Waals surface area contributed by atoms with Crippen molar-refractivity contribution in [2.24, 2.45) is 0 Å². The molecular formula is C9H9N3O3. The third-order valence-electron chi connectivity index (χ3n) is 2.22. The summed E-state index contributed by atoms with van der Waals surface area (Å²) < 4.78 is 0. The Morgan fingerprint density at radius 2 is 2.27 bits per heavy atom. The largest absolute Gasteiger partial charge is 0.480 e. The lowest BCUT2D eigenvalue weighted by atomic mass is 10.0. The molecule has 2 rings (SSSR count). The molecule has 15 heavy (non-hydrogen) atoms. The summed E-state index contributed by atoms with van der Waals surface area (Å²) in [5, 5.41) is 13.7. The third kappa shape index (κ3) is 1.74. The predicted octanol–water partition coefficient (Wildman–Crippen LogP) is -0.111. The summed E-state index contributed by atoms with van der Waals surface area (Å²) >= 11 is 0. The first-order valence-corrected chi connectivity index (χ1v) is 4.38. The number of nitrogens with zero attached hydrogens (tertiary/aromatic N) is 1. The van der Waals surface area contributed by atoms with Gasteiger partial charge >= 0.3 is 12.0 Å². The highest BCUT2D eigenvalue weighted by Gasteiger charge is 2.37. The molecule has 3 N–H and O–H groups in total. The van der Waals surface area contributed by atoms with Gasteiger partial charge in [-0.15, -0.1) is 0 Å². The molecule has 6 heteroatoms. The highest BCUT2D eigenvalue weighted by Crippen LogP contribution is 2.19. The van der Waals surface area contributed by atoms with Gasteiger partial charge in [-0.3, -0.25) is 4.98 Å². The Hall–Kier alpha value is -2.11. The molecule has 2 amide bonds. The third-order valence-corrected chi connectivity index (χ3v) is 2.22. The highest BCUT2D eigenvalue weighted by atomic mass is 16.4. The van der Waals surface area contributed by atoms with Crippen LogP contribution in [-0.2, 0) is 4.79 Å². The van der Waals surface area contributed by atoms with Crippen LogP contribution in [-0.4, -0.2) is 28.1 Å². The SMILES string of the molecule is O=C1NC(C(=O)O)C(c2cccnc2)N1. The number of rotatable bonds is 2. The maximum Gasteiger partial charge on any atom is 0.328 e. The van der Waals surface area contributed by atoms with E-state index in [1.165, 1.54) is 6.20 Å². The number of urea groups is 1. The molecule has 0 aliphatic carbocycles. The number of aromatic nitrogens is 1. The molecule has 1 fully saturated rings. The van der Waals surface area contributed by atoms with E-state index in [9.17, 15) is 9.59 Å². The Morgan fingerprint density at radius 1 is 1.47 bits per heavy atom. The number of hydrogen-bond donors (Lipinski definition) is 3. The zero-order chi connectivity index (χ0) is 10.8. The first kappa shape index (κ1) is 9.45. The van der Waals surface area contributed by atoms with E-state index in [0.717, 1.165) is 0 Å². The lowest BCUT2D eigenvalue weighted by Crippen LogP contribution is -2.35. The van der Waals surface area contributed by atoms with Gasteiger partial charge in [-0.25, -0.2) is 9.59 Å². The van der Waals surface area contributed by atoms with Crippen LogP contribution in [0.2, 0.25) is 0 Å². The van der Waals surface area contributed by atoms with Gasteiger partial charge in [-0.1, -0.05) is 6.07 Å². The van der Waals surface area contributed by atoms with Gasteiger partial charge in [0.1, 0.15) is 0 Å². The molecule has 1 aromatic rings. The van der Waals surface area contributed by atoms with Crippen LogP contribution in [0.3, 0.4) is 0 Å². The van der Waals surface area contributed by atoms with Crippen molar-refractivity contribution in [3.05, 3.63) is 30.1 Å². The van der Waals surface area contributed by atoms with Crippen molar-refractivity contribution >= 4 is 12.0 Å². The minimum atomic E-state index is -1.07. The smallest absolute Gasteiger partial charge is 0.328 e. The Labute approximate surface area is 85.3 Å². The molecule has 2 unspecified atom stereocenters. The van der Waals surface area contributed by atoms with Crippen LogP contribution in [0.15, 0.2) is 24.5 Å². The number of carboxylic acids is 1. The quantitative estimate of drug-likeness (QED) is 0.631. The number of carbonyl (C=O) groups excluding carboxylic acids is 1. The fourth-order valence-electron chi connectivity index (χ4n) is 1.53. The summed E-state index contributed by atoms with van der Waals surface area (Å²) in [6.07, 6.45) is 3.12. The van der Waals surface area contributed by atoms with Crippen molar-refractivity contribution in [2.45, 2.75) is 12.1 Å². The monoisotopic (exact) mass is 207 g/mol. The van der Waals surface area contributed by atoms with Crippen LogP contribution in [0.5, 0.6) is 0 Å². The van der Waals surface area contributed by atoms with E-state index in [1.807, 2.05) is 0 Å². The fraction of sp³-hybridized carbons (Fsp3) is 0.222. The van der Waals surface area contributed by atoms with Crippen molar-refractivity contribution in [2.75, 3.05) is 0 Å². The topological polar surface area (TPSA) is 91.3 Å². The van der Waals surface area contributed by atoms with E-state index in [1.54, 1.807) is 18.3 Å². The normalized spacial score (nSPS) is 24.4. The molecule has 2 heterocycles. The van der Waals surface area contributed by atoms with Crippen molar-refractivity contribution in [3.63, 3.8) is 0 Å². The molecule has 0 radical (unpaired) electrons. The molecule has 0 spiro atoms. The van der Waals surface area contributed by atoms with Crippen LogP contribution < -0.4 is 10.6 Å². The zero-order valence-electron chi connectivity index (χ0n) is 7.68. The first-order chi connectivity index (χ1) is 7.18. The van der Waals surface area contributed by atoms with Crippen LogP contribution in [0, 0.1) is 0 Å². The van der Waals surface area contributed by atoms with Crippen LogP contribution in [0.1, 0.15) is 11.6 Å². The molecule has 2 atom stereocenters. The van der Waals surface area contributed by atoms with Gasteiger partial charge in [0.15, 0.2) is 6.04 Å². The number of pyridine rings is 1. The summed E-state index contributed by atoms with van der Waals surface area (Å²) in [5.74, 6) is -1.07. The summed E-state index contributed by atoms with van der Waals surface area (Å²) in [4.78, 5) is 25.8. The molecule has 0 saturated carbocycles. The van der Waals surface area contributed by atoms with Gasteiger partial charge in [0.2, 0.25) is 0 Å². The fourth-order valence-corrected chi connectivity index (χ4v) is 1.53. The van der Waals surface area contributed by atoms with Crippen LogP contribution >= 0.6 is 0 Å². The summed E-state index contributed by atoms with van der Waals surface area (Å²) in [6.45, 7) is 0. The van der Waals surface area contributed by atoms with Crippen LogP contribution in [0.25, 0.3) is 0 Å². The van der Waals surface area contributed by atoms with Crippen molar-refractivity contribution in [1.82, 2.24) is 15.6 Å². The van der Waals surface area contributed by atoms with Gasteiger partial charge in [-0.2, -0.15) is 0 Å². The second-order valence-corrected chi connectivity index (χ2v) is 3.20. The lowest BCUT2D eigenvalue weighted by molar-refractivity contribution is -0.139. The maximum absolute atomic E-state index is 11.0. The van der Waals surface area contributed by atoms with E-state index in [4.69, 9.17) is 5.11 Å². The molecule has 0 aromatic carbocycles. The summed E-state index contributed by atoms with van der Waals surface area (Å²) in [5.41, 5.74) is 0.670. The molecule has 0 bridgehead atoms. The molecular weight excluding hydrogens is 198 g/mol. The van der Waals surface area contributed by atoms with E-state index in [0.29, 0.717) is 5.56 Å². The van der Waals surface area contributed by atoms with E-state index in [-0.39, 0.29) is 0 Å². The molecule has 1 aliphatic heterocycles. The Kier molecular flexibility index (Phi) is 2.24. The van der Waals surface area contributed by atoms with Crippen molar-refractivity contribution in [3.8, 4) is 0 Å². The molecule has 1 saturated heterocycles. The number of hydrogen-bond acceptors (Lipinski definition) is 3. The van der Waals surface area contributed by atoms with Gasteiger partial charge < -0.3 is 15.7 Å². The molecule has 1 aromatic heterocycles. The first-order valence-electron chi connectivity index (χ1n) is 4.38. The standard InChI is InChI=1S/C9H9N3O3/c13-8(14)7-6(11-9(15)12-7)5-2-1-3-10-4-5/h1-4,6-7H,(H,13,14)(H2,11,12,15). The minimum Gasteiger partial charge on any atom is -0.480 e. The Balaban J connectivity index is 2.28. The minimum absolute atomic E-state index is 0.476. The second kappa shape index (κ2) is 3.56. The van der Waals surface area contributed by atoms with E-state index in [2.05, 4.69) is 15.6 Å². The molecule has 1 aliphatic rings. The highest BCUT2D eigenvalue weighted by molar-refractivity contribution is 5.87. The van der Waals surface area contributed by atoms with Crippen molar-refractivity contribution < 1.29 is 14.7 Å². The number of carbonyl (C=O) groups is 2. The molecule has 78 valence electrons. The molecule has 6 nitrogen and oxygen atoms in total. The average molecular weight is 207 g/mol. The van der Waals surface area contributed by atoms with Gasteiger partial charge in [0, 0.05) is 12.4 Å². The Bertz CT molecular complexity index is 393. The van der Waals surface area contributed by atoms with Crippen molar-refractivity contribution in [1.29, 1.82) is 0 Å². The van der Waals surface area contributed by atoms with Gasteiger partial charge in [-0.05, 0) is 11.6 Å².